The largest absolute Gasteiger partial charge is 0.508 e. The minimum absolute atomic E-state index is 0.0598. The Labute approximate surface area is 145 Å². The number of likely N-dealkylation sites (N-methyl/N-ethyl adjacent to an activating group) is 1. The zero-order valence-electron chi connectivity index (χ0n) is 14.1. The molecule has 0 aliphatic carbocycles. The predicted molar refractivity (Wildman–Crippen MR) is 89.7 cm³/mol. The molecule has 2 atom stereocenters. The smallest absolute Gasteiger partial charge is 0.322 e. The van der Waals surface area contributed by atoms with Gasteiger partial charge in [-0.05, 0) is 30.5 Å². The Morgan fingerprint density at radius 3 is 2.72 bits per heavy atom. The zero-order valence-corrected chi connectivity index (χ0v) is 14.1. The van der Waals surface area contributed by atoms with Crippen molar-refractivity contribution in [1.82, 2.24) is 15.1 Å². The number of carbonyl (C=O) groups excluding carboxylic acids is 2. The van der Waals surface area contributed by atoms with Crippen molar-refractivity contribution in [2.75, 3.05) is 26.7 Å². The van der Waals surface area contributed by atoms with Crippen molar-refractivity contribution in [3.63, 3.8) is 0 Å². The summed E-state index contributed by atoms with van der Waals surface area (Å²) in [6, 6.07) is 5.84. The lowest BCUT2D eigenvalue weighted by Gasteiger charge is -2.31. The number of amides is 3. The number of urea groups is 1. The van der Waals surface area contributed by atoms with Crippen molar-refractivity contribution >= 4 is 11.9 Å². The summed E-state index contributed by atoms with van der Waals surface area (Å²) in [5, 5.41) is 12.4. The summed E-state index contributed by atoms with van der Waals surface area (Å²) in [6.45, 7) is 1.72. The lowest BCUT2D eigenvalue weighted by Crippen LogP contribution is -2.45. The van der Waals surface area contributed by atoms with Crippen LogP contribution in [0, 0.1) is 0 Å². The highest BCUT2D eigenvalue weighted by Crippen LogP contribution is 2.36. The Morgan fingerprint density at radius 2 is 2.04 bits per heavy atom. The second-order valence-electron chi connectivity index (χ2n) is 6.71. The summed E-state index contributed by atoms with van der Waals surface area (Å²) in [4.78, 5) is 28.6. The lowest BCUT2D eigenvalue weighted by atomic mass is 9.95. The maximum atomic E-state index is 13.0. The SMILES string of the molecule is CN1C(=O)N[C@H](c2ccc(O)cc2)C2=C1CN(C[C@@H]1CCCO1)C2=O. The molecular formula is C18H21N3O4. The Hall–Kier alpha value is -2.54. The third kappa shape index (κ3) is 2.74. The molecule has 1 aromatic carbocycles. The molecule has 2 N–H and O–H groups in total. The first kappa shape index (κ1) is 16.0. The second-order valence-corrected chi connectivity index (χ2v) is 6.71. The van der Waals surface area contributed by atoms with E-state index in [4.69, 9.17) is 4.74 Å². The fourth-order valence-electron chi connectivity index (χ4n) is 3.72. The third-order valence-electron chi connectivity index (χ3n) is 5.11. The summed E-state index contributed by atoms with van der Waals surface area (Å²) in [7, 11) is 1.68. The number of benzene rings is 1. The molecule has 0 aromatic heterocycles. The monoisotopic (exact) mass is 343 g/mol. The molecule has 7 heteroatoms. The van der Waals surface area contributed by atoms with E-state index in [0.29, 0.717) is 18.7 Å². The van der Waals surface area contributed by atoms with Crippen molar-refractivity contribution in [3.05, 3.63) is 41.1 Å². The van der Waals surface area contributed by atoms with E-state index in [-0.39, 0.29) is 23.8 Å². The predicted octanol–water partition coefficient (Wildman–Crippen LogP) is 1.36. The molecule has 0 bridgehead atoms. The van der Waals surface area contributed by atoms with Crippen molar-refractivity contribution < 1.29 is 19.4 Å². The normalized spacial score (nSPS) is 26.3. The minimum Gasteiger partial charge on any atom is -0.508 e. The molecule has 3 amide bonds. The van der Waals surface area contributed by atoms with Crippen molar-refractivity contribution in [3.8, 4) is 5.75 Å². The number of hydrogen-bond acceptors (Lipinski definition) is 4. The number of rotatable bonds is 3. The van der Waals surface area contributed by atoms with Gasteiger partial charge < -0.3 is 20.1 Å². The van der Waals surface area contributed by atoms with Crippen molar-refractivity contribution in [1.29, 1.82) is 0 Å². The van der Waals surface area contributed by atoms with E-state index in [0.717, 1.165) is 30.7 Å². The van der Waals surface area contributed by atoms with Crippen LogP contribution in [-0.2, 0) is 9.53 Å². The van der Waals surface area contributed by atoms with Crippen molar-refractivity contribution in [2.24, 2.45) is 0 Å². The molecule has 3 heterocycles. The van der Waals surface area contributed by atoms with Gasteiger partial charge in [0.05, 0.1) is 30.0 Å². The third-order valence-corrected chi connectivity index (χ3v) is 5.11. The molecule has 3 aliphatic heterocycles. The molecule has 7 nitrogen and oxygen atoms in total. The maximum Gasteiger partial charge on any atom is 0.322 e. The number of carbonyl (C=O) groups is 2. The average Bonchev–Trinajstić information content (AvgIpc) is 3.22. The van der Waals surface area contributed by atoms with Crippen LogP contribution in [0.1, 0.15) is 24.4 Å². The standard InChI is InChI=1S/C18H21N3O4/c1-20-14-10-21(9-13-3-2-8-25-13)17(23)15(14)16(19-18(20)24)11-4-6-12(22)7-5-11/h4-7,13,16,22H,2-3,8-10H2,1H3,(H,19,24)/t13-,16+/m0/s1. The van der Waals surface area contributed by atoms with Gasteiger partial charge in [0.1, 0.15) is 5.75 Å². The highest BCUT2D eigenvalue weighted by atomic mass is 16.5. The second kappa shape index (κ2) is 6.07. The average molecular weight is 343 g/mol. The zero-order chi connectivity index (χ0) is 17.6. The Bertz CT molecular complexity index is 737. The van der Waals surface area contributed by atoms with Gasteiger partial charge in [-0.25, -0.2) is 4.79 Å². The Morgan fingerprint density at radius 1 is 1.28 bits per heavy atom. The van der Waals surface area contributed by atoms with Crippen molar-refractivity contribution in [2.45, 2.75) is 25.0 Å². The molecule has 4 rings (SSSR count). The highest BCUT2D eigenvalue weighted by molar-refractivity contribution is 6.01. The lowest BCUT2D eigenvalue weighted by molar-refractivity contribution is -0.127. The molecule has 0 saturated carbocycles. The van der Waals surface area contributed by atoms with Crippen LogP contribution in [0.5, 0.6) is 5.75 Å². The van der Waals surface area contributed by atoms with Crippen LogP contribution in [0.2, 0.25) is 0 Å². The van der Waals surface area contributed by atoms with E-state index in [9.17, 15) is 14.7 Å². The summed E-state index contributed by atoms with van der Waals surface area (Å²) in [5.74, 6) is 0.0883. The van der Waals surface area contributed by atoms with Gasteiger partial charge in [0.15, 0.2) is 0 Å². The van der Waals surface area contributed by atoms with E-state index in [1.165, 1.54) is 4.90 Å². The van der Waals surface area contributed by atoms with Crippen LogP contribution in [-0.4, -0.2) is 59.7 Å². The van der Waals surface area contributed by atoms with Gasteiger partial charge in [0.25, 0.3) is 5.91 Å². The number of phenolic OH excluding ortho intramolecular Hbond substituents is 1. The van der Waals surface area contributed by atoms with Gasteiger partial charge in [-0.3, -0.25) is 9.69 Å². The number of nitrogens with zero attached hydrogens (tertiary/aromatic N) is 2. The fourth-order valence-corrected chi connectivity index (χ4v) is 3.72. The molecule has 25 heavy (non-hydrogen) atoms. The van der Waals surface area contributed by atoms with Gasteiger partial charge in [-0.15, -0.1) is 0 Å². The Kier molecular flexibility index (Phi) is 3.88. The fraction of sp³-hybridized carbons (Fsp3) is 0.444. The highest BCUT2D eigenvalue weighted by Gasteiger charge is 2.43. The quantitative estimate of drug-likeness (QED) is 0.868. The topological polar surface area (TPSA) is 82.1 Å². The van der Waals surface area contributed by atoms with Crippen LogP contribution in [0.25, 0.3) is 0 Å². The van der Waals surface area contributed by atoms with E-state index in [1.807, 2.05) is 0 Å². The number of phenols is 1. The van der Waals surface area contributed by atoms with E-state index < -0.39 is 6.04 Å². The summed E-state index contributed by atoms with van der Waals surface area (Å²) in [6.07, 6.45) is 2.06. The number of nitrogens with one attached hydrogen (secondary N) is 1. The maximum absolute atomic E-state index is 13.0. The van der Waals surface area contributed by atoms with E-state index in [1.54, 1.807) is 36.2 Å². The number of aromatic hydroxyl groups is 1. The summed E-state index contributed by atoms with van der Waals surface area (Å²) in [5.41, 5.74) is 2.12. The van der Waals surface area contributed by atoms with Crippen LogP contribution < -0.4 is 5.32 Å². The molecule has 1 saturated heterocycles. The van der Waals surface area contributed by atoms with E-state index in [2.05, 4.69) is 5.32 Å². The van der Waals surface area contributed by atoms with Crippen LogP contribution in [0.4, 0.5) is 4.79 Å². The van der Waals surface area contributed by atoms with Gasteiger partial charge in [0.2, 0.25) is 0 Å². The Balaban J connectivity index is 1.64. The molecule has 0 radical (unpaired) electrons. The molecule has 1 fully saturated rings. The van der Waals surface area contributed by atoms with E-state index >= 15 is 0 Å². The van der Waals surface area contributed by atoms with Gasteiger partial charge in [-0.2, -0.15) is 0 Å². The van der Waals surface area contributed by atoms with Gasteiger partial charge >= 0.3 is 6.03 Å². The number of ether oxygens (including phenoxy) is 1. The van der Waals surface area contributed by atoms with Gasteiger partial charge in [0, 0.05) is 20.2 Å². The molecule has 0 spiro atoms. The summed E-state index contributed by atoms with van der Waals surface area (Å²) >= 11 is 0. The van der Waals surface area contributed by atoms with Crippen LogP contribution in [0.3, 0.4) is 0 Å². The first-order valence-electron chi connectivity index (χ1n) is 8.51. The molecule has 1 aromatic rings. The first-order valence-corrected chi connectivity index (χ1v) is 8.51. The molecule has 0 unspecified atom stereocenters. The summed E-state index contributed by atoms with van der Waals surface area (Å²) < 4.78 is 5.65. The minimum atomic E-state index is -0.499. The van der Waals surface area contributed by atoms with Gasteiger partial charge in [-0.1, -0.05) is 12.1 Å². The molecule has 132 valence electrons. The number of hydrogen-bond donors (Lipinski definition) is 2. The molecular weight excluding hydrogens is 322 g/mol. The molecule has 3 aliphatic rings. The van der Waals surface area contributed by atoms with Crippen LogP contribution in [0.15, 0.2) is 35.5 Å². The van der Waals surface area contributed by atoms with Crippen LogP contribution >= 0.6 is 0 Å². The first-order chi connectivity index (χ1) is 12.0.